The van der Waals surface area contributed by atoms with Crippen LogP contribution < -0.4 is 4.90 Å². The molecule has 0 bridgehead atoms. The van der Waals surface area contributed by atoms with Gasteiger partial charge in [-0.1, -0.05) is 12.1 Å². The van der Waals surface area contributed by atoms with Crippen molar-refractivity contribution in [1.82, 2.24) is 14.9 Å². The third-order valence-electron chi connectivity index (χ3n) is 4.23. The number of sulfone groups is 1. The van der Waals surface area contributed by atoms with Crippen molar-refractivity contribution in [2.75, 3.05) is 37.3 Å². The molecule has 0 atom stereocenters. The Morgan fingerprint density at radius 2 is 1.92 bits per heavy atom. The average molecular weight is 374 g/mol. The highest BCUT2D eigenvalue weighted by molar-refractivity contribution is 7.89. The maximum atomic E-state index is 12.5. The van der Waals surface area contributed by atoms with E-state index in [1.165, 1.54) is 6.26 Å². The molecule has 0 unspecified atom stereocenters. The van der Waals surface area contributed by atoms with Gasteiger partial charge in [-0.05, 0) is 30.2 Å². The number of hydrogen-bond acceptors (Lipinski definition) is 6. The smallest absolute Gasteiger partial charge is 0.272 e. The molecule has 1 fully saturated rings. The van der Waals surface area contributed by atoms with E-state index in [1.807, 2.05) is 17.0 Å². The molecule has 1 aliphatic heterocycles. The second kappa shape index (κ2) is 7.82. The standard InChI is InChI=1S/C18H22N4O3S/c1-26(24,25)14-15-6-7-17(20-13-15)21-9-4-10-22(12-11-21)18(23)16-5-2-3-8-19-16/h2-3,5-8,13H,4,9-12,14H2,1H3. The first-order valence-electron chi connectivity index (χ1n) is 8.50. The average Bonchev–Trinajstić information content (AvgIpc) is 2.87. The minimum atomic E-state index is -3.07. The summed E-state index contributed by atoms with van der Waals surface area (Å²) in [5, 5.41) is 0. The first-order chi connectivity index (χ1) is 12.4. The van der Waals surface area contributed by atoms with E-state index in [9.17, 15) is 13.2 Å². The molecule has 3 heterocycles. The van der Waals surface area contributed by atoms with E-state index in [0.717, 1.165) is 18.8 Å². The Morgan fingerprint density at radius 1 is 1.08 bits per heavy atom. The van der Waals surface area contributed by atoms with Gasteiger partial charge in [0.15, 0.2) is 9.84 Å². The number of rotatable bonds is 4. The fourth-order valence-electron chi connectivity index (χ4n) is 2.99. The summed E-state index contributed by atoms with van der Waals surface area (Å²) in [6, 6.07) is 8.97. The van der Waals surface area contributed by atoms with Crippen LogP contribution in [-0.2, 0) is 15.6 Å². The maximum absolute atomic E-state index is 12.5. The molecule has 0 saturated carbocycles. The van der Waals surface area contributed by atoms with Crippen LogP contribution in [0.5, 0.6) is 0 Å². The van der Waals surface area contributed by atoms with Crippen molar-refractivity contribution >= 4 is 21.6 Å². The van der Waals surface area contributed by atoms with Crippen LogP contribution in [-0.4, -0.2) is 61.6 Å². The van der Waals surface area contributed by atoms with Gasteiger partial charge in [-0.2, -0.15) is 0 Å². The van der Waals surface area contributed by atoms with Crippen molar-refractivity contribution in [1.29, 1.82) is 0 Å². The Kier molecular flexibility index (Phi) is 5.51. The summed E-state index contributed by atoms with van der Waals surface area (Å²) in [5.41, 5.74) is 1.14. The number of aromatic nitrogens is 2. The number of pyridine rings is 2. The van der Waals surface area contributed by atoms with Gasteiger partial charge < -0.3 is 9.80 Å². The summed E-state index contributed by atoms with van der Waals surface area (Å²) in [6.07, 6.45) is 5.28. The Morgan fingerprint density at radius 3 is 2.58 bits per heavy atom. The molecule has 7 nitrogen and oxygen atoms in total. The molecule has 2 aromatic rings. The molecule has 1 saturated heterocycles. The van der Waals surface area contributed by atoms with E-state index < -0.39 is 9.84 Å². The normalized spacial score (nSPS) is 15.6. The zero-order valence-electron chi connectivity index (χ0n) is 14.7. The van der Waals surface area contributed by atoms with E-state index >= 15 is 0 Å². The first kappa shape index (κ1) is 18.3. The van der Waals surface area contributed by atoms with Crippen LogP contribution >= 0.6 is 0 Å². The molecule has 8 heteroatoms. The highest BCUT2D eigenvalue weighted by Gasteiger charge is 2.21. The van der Waals surface area contributed by atoms with Crippen molar-refractivity contribution in [2.45, 2.75) is 12.2 Å². The number of carbonyl (C=O) groups is 1. The second-order valence-electron chi connectivity index (χ2n) is 6.44. The van der Waals surface area contributed by atoms with Gasteiger partial charge in [0.2, 0.25) is 0 Å². The molecular formula is C18H22N4O3S. The van der Waals surface area contributed by atoms with Crippen LogP contribution in [0, 0.1) is 0 Å². The van der Waals surface area contributed by atoms with Gasteiger partial charge in [0, 0.05) is 44.8 Å². The van der Waals surface area contributed by atoms with Gasteiger partial charge in [0.05, 0.1) is 5.75 Å². The summed E-state index contributed by atoms with van der Waals surface area (Å²) in [6.45, 7) is 2.75. The topological polar surface area (TPSA) is 83.5 Å². The van der Waals surface area contributed by atoms with Crippen LogP contribution in [0.1, 0.15) is 22.5 Å². The summed E-state index contributed by atoms with van der Waals surface area (Å²) in [4.78, 5) is 25.0. The Balaban J connectivity index is 1.64. The monoisotopic (exact) mass is 374 g/mol. The van der Waals surface area contributed by atoms with E-state index in [4.69, 9.17) is 0 Å². The van der Waals surface area contributed by atoms with Crippen molar-refractivity contribution in [3.05, 3.63) is 54.0 Å². The highest BCUT2D eigenvalue weighted by Crippen LogP contribution is 2.16. The van der Waals surface area contributed by atoms with Crippen LogP contribution in [0.25, 0.3) is 0 Å². The largest absolute Gasteiger partial charge is 0.355 e. The molecule has 0 aromatic carbocycles. The van der Waals surface area contributed by atoms with Gasteiger partial charge in [0.1, 0.15) is 11.5 Å². The van der Waals surface area contributed by atoms with Crippen LogP contribution in [0.2, 0.25) is 0 Å². The van der Waals surface area contributed by atoms with Gasteiger partial charge >= 0.3 is 0 Å². The minimum Gasteiger partial charge on any atom is -0.355 e. The van der Waals surface area contributed by atoms with Crippen molar-refractivity contribution in [3.63, 3.8) is 0 Å². The predicted octanol–water partition coefficient (Wildman–Crippen LogP) is 1.37. The SMILES string of the molecule is CS(=O)(=O)Cc1ccc(N2CCCN(C(=O)c3ccccn3)CC2)nc1. The Hall–Kier alpha value is -2.48. The number of carbonyl (C=O) groups excluding carboxylic acids is 1. The van der Waals surface area contributed by atoms with E-state index in [-0.39, 0.29) is 11.7 Å². The molecule has 26 heavy (non-hydrogen) atoms. The third kappa shape index (κ3) is 4.78. The molecule has 3 rings (SSSR count). The number of nitrogens with zero attached hydrogens (tertiary/aromatic N) is 4. The summed E-state index contributed by atoms with van der Waals surface area (Å²) in [7, 11) is -3.07. The molecule has 0 aliphatic carbocycles. The highest BCUT2D eigenvalue weighted by atomic mass is 32.2. The number of hydrogen-bond donors (Lipinski definition) is 0. The van der Waals surface area contributed by atoms with Crippen LogP contribution in [0.3, 0.4) is 0 Å². The van der Waals surface area contributed by atoms with Crippen molar-refractivity contribution in [2.24, 2.45) is 0 Å². The van der Waals surface area contributed by atoms with Gasteiger partial charge in [-0.3, -0.25) is 9.78 Å². The molecule has 2 aromatic heterocycles. The molecular weight excluding hydrogens is 352 g/mol. The molecule has 1 aliphatic rings. The quantitative estimate of drug-likeness (QED) is 0.804. The van der Waals surface area contributed by atoms with Crippen molar-refractivity contribution < 1.29 is 13.2 Å². The third-order valence-corrected chi connectivity index (χ3v) is 5.09. The summed E-state index contributed by atoms with van der Waals surface area (Å²) in [5.74, 6) is 0.741. The Labute approximate surface area is 153 Å². The van der Waals surface area contributed by atoms with Gasteiger partial charge in [0.25, 0.3) is 5.91 Å². The number of amides is 1. The fourth-order valence-corrected chi connectivity index (χ4v) is 3.77. The zero-order chi connectivity index (χ0) is 18.6. The van der Waals surface area contributed by atoms with E-state index in [1.54, 1.807) is 30.6 Å². The lowest BCUT2D eigenvalue weighted by atomic mass is 10.3. The van der Waals surface area contributed by atoms with Gasteiger partial charge in [-0.15, -0.1) is 0 Å². The molecule has 138 valence electrons. The number of anilines is 1. The van der Waals surface area contributed by atoms with Crippen LogP contribution in [0.4, 0.5) is 5.82 Å². The molecule has 1 amide bonds. The molecule has 0 N–H and O–H groups in total. The summed E-state index contributed by atoms with van der Waals surface area (Å²) < 4.78 is 22.7. The van der Waals surface area contributed by atoms with Crippen LogP contribution in [0.15, 0.2) is 42.7 Å². The lowest BCUT2D eigenvalue weighted by Crippen LogP contribution is -2.35. The lowest BCUT2D eigenvalue weighted by molar-refractivity contribution is 0.0761. The summed E-state index contributed by atoms with van der Waals surface area (Å²) >= 11 is 0. The predicted molar refractivity (Wildman–Crippen MR) is 99.8 cm³/mol. The fraction of sp³-hybridized carbons (Fsp3) is 0.389. The zero-order valence-corrected chi connectivity index (χ0v) is 15.5. The van der Waals surface area contributed by atoms with Crippen molar-refractivity contribution in [3.8, 4) is 0 Å². The first-order valence-corrected chi connectivity index (χ1v) is 10.6. The molecule has 0 radical (unpaired) electrons. The van der Waals surface area contributed by atoms with E-state index in [2.05, 4.69) is 14.9 Å². The minimum absolute atomic E-state index is 0.00731. The van der Waals surface area contributed by atoms with Gasteiger partial charge in [-0.25, -0.2) is 13.4 Å². The second-order valence-corrected chi connectivity index (χ2v) is 8.58. The lowest BCUT2D eigenvalue weighted by Gasteiger charge is -2.22. The van der Waals surface area contributed by atoms with E-state index in [0.29, 0.717) is 30.9 Å². The Bertz CT molecular complexity index is 854. The maximum Gasteiger partial charge on any atom is 0.272 e. The molecule has 0 spiro atoms.